The quantitative estimate of drug-likeness (QED) is 0.817. The van der Waals surface area contributed by atoms with Gasteiger partial charge in [-0.05, 0) is 24.6 Å². The number of benzene rings is 1. The molecule has 6 nitrogen and oxygen atoms in total. The Morgan fingerprint density at radius 3 is 2.87 bits per heavy atom. The van der Waals surface area contributed by atoms with Crippen LogP contribution in [0.25, 0.3) is 0 Å². The summed E-state index contributed by atoms with van der Waals surface area (Å²) in [5, 5.41) is 11.4. The average molecular weight is 357 g/mol. The number of carboxylic acid groups (broad SMARTS) is 1. The van der Waals surface area contributed by atoms with Crippen molar-refractivity contribution in [3.8, 4) is 0 Å². The summed E-state index contributed by atoms with van der Waals surface area (Å²) in [6, 6.07) is 5.23. The lowest BCUT2D eigenvalue weighted by molar-refractivity contribution is -0.138. The molecule has 1 aliphatic rings. The molecule has 2 amide bonds. The molecule has 2 N–H and O–H groups in total. The second-order valence-electron chi connectivity index (χ2n) is 5.25. The monoisotopic (exact) mass is 356 g/mol. The van der Waals surface area contributed by atoms with Crippen LogP contribution in [-0.2, 0) is 14.4 Å². The lowest BCUT2D eigenvalue weighted by atomic mass is 10.2. The minimum atomic E-state index is -0.886. The Bertz CT molecular complexity index is 638. The molecule has 1 aliphatic heterocycles. The van der Waals surface area contributed by atoms with Crippen LogP contribution in [0.3, 0.4) is 0 Å². The predicted octanol–water partition coefficient (Wildman–Crippen LogP) is 2.47. The number of nitrogens with zero attached hydrogens (tertiary/aromatic N) is 1. The van der Waals surface area contributed by atoms with Gasteiger partial charge in [0, 0.05) is 36.4 Å². The summed E-state index contributed by atoms with van der Waals surface area (Å²) in [5.74, 6) is -1.29. The third kappa shape index (κ3) is 4.87. The molecule has 0 saturated heterocycles. The molecular formula is C15H17ClN2O4S. The first-order valence-corrected chi connectivity index (χ1v) is 8.35. The minimum Gasteiger partial charge on any atom is -0.481 e. The fourth-order valence-corrected chi connectivity index (χ4v) is 3.42. The summed E-state index contributed by atoms with van der Waals surface area (Å²) in [5.41, 5.74) is 0.658. The number of halogens is 1. The zero-order valence-corrected chi connectivity index (χ0v) is 14.1. The van der Waals surface area contributed by atoms with Gasteiger partial charge in [-0.3, -0.25) is 14.4 Å². The van der Waals surface area contributed by atoms with E-state index in [0.29, 0.717) is 23.7 Å². The molecule has 0 radical (unpaired) electrons. The summed E-state index contributed by atoms with van der Waals surface area (Å²) in [6.07, 6.45) is 0.482. The minimum absolute atomic E-state index is 0.0183. The van der Waals surface area contributed by atoms with Crippen molar-refractivity contribution in [2.24, 2.45) is 0 Å². The van der Waals surface area contributed by atoms with Gasteiger partial charge in [0.1, 0.15) is 0 Å². The maximum absolute atomic E-state index is 12.2. The number of carbonyl (C=O) groups is 3. The van der Waals surface area contributed by atoms with E-state index in [1.807, 2.05) is 6.07 Å². The smallest absolute Gasteiger partial charge is 0.303 e. The Balaban J connectivity index is 1.92. The number of nitrogens with one attached hydrogen (secondary N) is 1. The van der Waals surface area contributed by atoms with Crippen molar-refractivity contribution in [3.05, 3.63) is 23.2 Å². The standard InChI is InChI=1S/C15H17ClN2O4S/c1-18(6-2-3-14(20)21)13(19)8-12-15(22)17-10-7-9(16)4-5-11(10)23-12/h4-5,7,12H,2-3,6,8H2,1H3,(H,17,22)(H,20,21). The number of aliphatic carboxylic acids is 1. The Kier molecular flexibility index (Phi) is 5.90. The molecular weight excluding hydrogens is 340 g/mol. The molecule has 124 valence electrons. The molecule has 1 heterocycles. The number of carbonyl (C=O) groups excluding carboxylic acids is 2. The third-order valence-corrected chi connectivity index (χ3v) is 4.94. The average Bonchev–Trinajstić information content (AvgIpc) is 2.47. The van der Waals surface area contributed by atoms with Crippen molar-refractivity contribution in [1.82, 2.24) is 4.90 Å². The van der Waals surface area contributed by atoms with Gasteiger partial charge in [-0.15, -0.1) is 11.8 Å². The molecule has 1 aromatic carbocycles. The summed E-state index contributed by atoms with van der Waals surface area (Å²) in [7, 11) is 1.61. The number of anilines is 1. The molecule has 23 heavy (non-hydrogen) atoms. The highest BCUT2D eigenvalue weighted by molar-refractivity contribution is 8.01. The van der Waals surface area contributed by atoms with E-state index >= 15 is 0 Å². The van der Waals surface area contributed by atoms with Crippen molar-refractivity contribution in [1.29, 1.82) is 0 Å². The van der Waals surface area contributed by atoms with Gasteiger partial charge in [0.2, 0.25) is 11.8 Å². The summed E-state index contributed by atoms with van der Waals surface area (Å²) in [4.78, 5) is 37.1. The van der Waals surface area contributed by atoms with Gasteiger partial charge in [0.15, 0.2) is 0 Å². The fourth-order valence-electron chi connectivity index (χ4n) is 2.16. The SMILES string of the molecule is CN(CCCC(=O)O)C(=O)CC1Sc2ccc(Cl)cc2NC1=O. The Morgan fingerprint density at radius 2 is 2.17 bits per heavy atom. The van der Waals surface area contributed by atoms with Crippen LogP contribution < -0.4 is 5.32 Å². The van der Waals surface area contributed by atoms with Crippen LogP contribution >= 0.6 is 23.4 Å². The molecule has 1 aromatic rings. The molecule has 1 unspecified atom stereocenters. The molecule has 2 rings (SSSR count). The first-order chi connectivity index (χ1) is 10.9. The van der Waals surface area contributed by atoms with Crippen molar-refractivity contribution in [2.45, 2.75) is 29.4 Å². The van der Waals surface area contributed by atoms with E-state index in [2.05, 4.69) is 5.32 Å². The molecule has 0 spiro atoms. The number of hydrogen-bond donors (Lipinski definition) is 2. The van der Waals surface area contributed by atoms with Gasteiger partial charge >= 0.3 is 5.97 Å². The highest BCUT2D eigenvalue weighted by atomic mass is 35.5. The third-order valence-electron chi connectivity index (χ3n) is 3.43. The van der Waals surface area contributed by atoms with Gasteiger partial charge in [-0.2, -0.15) is 0 Å². The number of rotatable bonds is 6. The zero-order valence-electron chi connectivity index (χ0n) is 12.5. The predicted molar refractivity (Wildman–Crippen MR) is 88.9 cm³/mol. The zero-order chi connectivity index (χ0) is 17.0. The highest BCUT2D eigenvalue weighted by Gasteiger charge is 2.30. The maximum Gasteiger partial charge on any atom is 0.303 e. The van der Waals surface area contributed by atoms with Crippen molar-refractivity contribution in [3.63, 3.8) is 0 Å². The van der Waals surface area contributed by atoms with E-state index in [4.69, 9.17) is 16.7 Å². The second kappa shape index (κ2) is 7.70. The van der Waals surface area contributed by atoms with E-state index in [1.54, 1.807) is 19.2 Å². The van der Waals surface area contributed by atoms with Gasteiger partial charge in [0.05, 0.1) is 10.9 Å². The van der Waals surface area contributed by atoms with Crippen LogP contribution in [0.4, 0.5) is 5.69 Å². The molecule has 8 heteroatoms. The van der Waals surface area contributed by atoms with E-state index < -0.39 is 11.2 Å². The number of hydrogen-bond acceptors (Lipinski definition) is 4. The van der Waals surface area contributed by atoms with Crippen LogP contribution in [-0.4, -0.2) is 46.6 Å². The van der Waals surface area contributed by atoms with Crippen LogP contribution in [0, 0.1) is 0 Å². The van der Waals surface area contributed by atoms with Crippen molar-refractivity contribution < 1.29 is 19.5 Å². The Hall–Kier alpha value is -1.73. The molecule has 1 atom stereocenters. The van der Waals surface area contributed by atoms with Crippen molar-refractivity contribution >= 4 is 46.8 Å². The number of amides is 2. The lowest BCUT2D eigenvalue weighted by Gasteiger charge is -2.25. The Labute approximate surface area is 143 Å². The number of carboxylic acids is 1. The van der Waals surface area contributed by atoms with E-state index in [-0.39, 0.29) is 24.7 Å². The highest BCUT2D eigenvalue weighted by Crippen LogP contribution is 2.38. The number of thioether (sulfide) groups is 1. The Morgan fingerprint density at radius 1 is 1.43 bits per heavy atom. The van der Waals surface area contributed by atoms with Crippen LogP contribution in [0.2, 0.25) is 5.02 Å². The molecule has 0 aliphatic carbocycles. The molecule has 0 aromatic heterocycles. The first-order valence-electron chi connectivity index (χ1n) is 7.09. The van der Waals surface area contributed by atoms with E-state index in [9.17, 15) is 14.4 Å². The van der Waals surface area contributed by atoms with Crippen LogP contribution in [0.5, 0.6) is 0 Å². The van der Waals surface area contributed by atoms with Gasteiger partial charge < -0.3 is 15.3 Å². The van der Waals surface area contributed by atoms with Crippen molar-refractivity contribution in [2.75, 3.05) is 18.9 Å². The summed E-state index contributed by atoms with van der Waals surface area (Å²) < 4.78 is 0. The van der Waals surface area contributed by atoms with Gasteiger partial charge in [-0.1, -0.05) is 11.6 Å². The van der Waals surface area contributed by atoms with Gasteiger partial charge in [0.25, 0.3) is 0 Å². The van der Waals surface area contributed by atoms with Crippen LogP contribution in [0.15, 0.2) is 23.1 Å². The van der Waals surface area contributed by atoms with Gasteiger partial charge in [-0.25, -0.2) is 0 Å². The first kappa shape index (κ1) is 17.6. The molecule has 0 saturated carbocycles. The number of fused-ring (bicyclic) bond motifs is 1. The van der Waals surface area contributed by atoms with E-state index in [1.165, 1.54) is 16.7 Å². The maximum atomic E-state index is 12.2. The largest absolute Gasteiger partial charge is 0.481 e. The van der Waals surface area contributed by atoms with E-state index in [0.717, 1.165) is 4.90 Å². The summed E-state index contributed by atoms with van der Waals surface area (Å²) in [6.45, 7) is 0.357. The normalized spacial score (nSPS) is 16.4. The topological polar surface area (TPSA) is 86.7 Å². The lowest BCUT2D eigenvalue weighted by Crippen LogP contribution is -2.36. The fraction of sp³-hybridized carbons (Fsp3) is 0.400. The second-order valence-corrected chi connectivity index (χ2v) is 6.93. The van der Waals surface area contributed by atoms with Crippen LogP contribution in [0.1, 0.15) is 19.3 Å². The molecule has 0 bridgehead atoms. The summed E-state index contributed by atoms with van der Waals surface area (Å²) >= 11 is 7.23. The molecule has 0 fully saturated rings.